The molecule has 0 aliphatic rings. The molecule has 2 unspecified atom stereocenters. The van der Waals surface area contributed by atoms with Crippen LogP contribution >= 0.6 is 0 Å². The van der Waals surface area contributed by atoms with Crippen LogP contribution in [0.1, 0.15) is 74.3 Å². The molecule has 0 saturated heterocycles. The highest BCUT2D eigenvalue weighted by molar-refractivity contribution is 5.79. The number of benzene rings is 1. The highest BCUT2D eigenvalue weighted by Gasteiger charge is 2.26. The van der Waals surface area contributed by atoms with Crippen molar-refractivity contribution < 1.29 is 38.1 Å². The standard InChI is InChI=1S/C30H47NO8/c1-18(2)20(5)27(33)38-24-12-11-22(16-25(24)39-28(34)21(6)19(3)4)15-23(29(35)36-10)31-13-14-37-26(32)17-30(7,8)9/h11-12,16,18-21,23,31H,13-15,17H2,1-10H3/t20?,21?,23-/m0/s1. The Morgan fingerprint density at radius 2 is 1.36 bits per heavy atom. The van der Waals surface area contributed by atoms with E-state index in [1.165, 1.54) is 7.11 Å². The fraction of sp³-hybridized carbons (Fsp3) is 0.667. The summed E-state index contributed by atoms with van der Waals surface area (Å²) in [4.78, 5) is 49.8. The van der Waals surface area contributed by atoms with Crippen LogP contribution in [0.5, 0.6) is 11.5 Å². The molecule has 0 radical (unpaired) electrons. The van der Waals surface area contributed by atoms with E-state index in [-0.39, 0.29) is 72.5 Å². The van der Waals surface area contributed by atoms with Crippen molar-refractivity contribution in [2.24, 2.45) is 29.1 Å². The lowest BCUT2D eigenvalue weighted by atomic mass is 9.93. The predicted octanol–water partition coefficient (Wildman–Crippen LogP) is 4.73. The molecule has 0 aliphatic carbocycles. The highest BCUT2D eigenvalue weighted by atomic mass is 16.6. The molecule has 1 aromatic carbocycles. The van der Waals surface area contributed by atoms with Crippen molar-refractivity contribution in [2.75, 3.05) is 20.3 Å². The second-order valence-corrected chi connectivity index (χ2v) is 11.9. The number of esters is 4. The summed E-state index contributed by atoms with van der Waals surface area (Å²) >= 11 is 0. The molecule has 220 valence electrons. The van der Waals surface area contributed by atoms with E-state index in [2.05, 4.69) is 5.32 Å². The van der Waals surface area contributed by atoms with E-state index in [1.807, 2.05) is 48.5 Å². The van der Waals surface area contributed by atoms with E-state index in [0.29, 0.717) is 5.56 Å². The van der Waals surface area contributed by atoms with Gasteiger partial charge in [0, 0.05) is 6.54 Å². The number of hydrogen-bond donors (Lipinski definition) is 1. The van der Waals surface area contributed by atoms with Gasteiger partial charge in [-0.3, -0.25) is 19.2 Å². The van der Waals surface area contributed by atoms with Gasteiger partial charge in [-0.15, -0.1) is 0 Å². The minimum absolute atomic E-state index is 0.0537. The van der Waals surface area contributed by atoms with Crippen molar-refractivity contribution in [3.63, 3.8) is 0 Å². The number of ether oxygens (including phenoxy) is 4. The topological polar surface area (TPSA) is 117 Å². The number of nitrogens with one attached hydrogen (secondary N) is 1. The van der Waals surface area contributed by atoms with E-state index in [1.54, 1.807) is 32.0 Å². The molecule has 1 rings (SSSR count). The van der Waals surface area contributed by atoms with Crippen LogP contribution in [-0.4, -0.2) is 50.2 Å². The van der Waals surface area contributed by atoms with E-state index in [4.69, 9.17) is 18.9 Å². The maximum atomic E-state index is 12.7. The van der Waals surface area contributed by atoms with Crippen molar-refractivity contribution >= 4 is 23.9 Å². The van der Waals surface area contributed by atoms with Gasteiger partial charge >= 0.3 is 23.9 Å². The van der Waals surface area contributed by atoms with Gasteiger partial charge in [0.25, 0.3) is 0 Å². The van der Waals surface area contributed by atoms with Gasteiger partial charge < -0.3 is 24.3 Å². The SMILES string of the molecule is COC(=O)[C@H](Cc1ccc(OC(=O)C(C)C(C)C)c(OC(=O)C(C)C(C)C)c1)NCCOC(=O)CC(C)(C)C. The summed E-state index contributed by atoms with van der Waals surface area (Å²) in [6.07, 6.45) is 0.487. The minimum atomic E-state index is -0.746. The third-order valence-electron chi connectivity index (χ3n) is 6.53. The molecule has 0 saturated carbocycles. The molecule has 0 aliphatic heterocycles. The number of hydrogen-bond acceptors (Lipinski definition) is 9. The first-order valence-corrected chi connectivity index (χ1v) is 13.6. The molecule has 3 atom stereocenters. The van der Waals surface area contributed by atoms with Crippen LogP contribution < -0.4 is 14.8 Å². The molecule has 39 heavy (non-hydrogen) atoms. The fourth-order valence-electron chi connectivity index (χ4n) is 3.29. The summed E-state index contributed by atoms with van der Waals surface area (Å²) in [6, 6.07) is 4.11. The Bertz CT molecular complexity index is 980. The Hall–Kier alpha value is -2.94. The van der Waals surface area contributed by atoms with Gasteiger partial charge in [0.05, 0.1) is 25.4 Å². The van der Waals surface area contributed by atoms with Crippen molar-refractivity contribution in [1.82, 2.24) is 5.32 Å². The summed E-state index contributed by atoms with van der Waals surface area (Å²) in [6.45, 7) is 17.4. The first-order chi connectivity index (χ1) is 18.0. The Kier molecular flexibility index (Phi) is 13.6. The van der Waals surface area contributed by atoms with E-state index < -0.39 is 23.9 Å². The van der Waals surface area contributed by atoms with Crippen LogP contribution in [0.3, 0.4) is 0 Å². The number of carbonyl (C=O) groups is 4. The predicted molar refractivity (Wildman–Crippen MR) is 148 cm³/mol. The van der Waals surface area contributed by atoms with Gasteiger partial charge in [-0.1, -0.05) is 68.4 Å². The summed E-state index contributed by atoms with van der Waals surface area (Å²) in [5, 5.41) is 3.06. The Morgan fingerprint density at radius 1 is 0.821 bits per heavy atom. The van der Waals surface area contributed by atoms with Gasteiger partial charge in [-0.25, -0.2) is 0 Å². The third-order valence-corrected chi connectivity index (χ3v) is 6.53. The van der Waals surface area contributed by atoms with Crippen LogP contribution in [0.25, 0.3) is 0 Å². The Labute approximate surface area is 233 Å². The molecule has 9 nitrogen and oxygen atoms in total. The molecular formula is C30H47NO8. The lowest BCUT2D eigenvalue weighted by Crippen LogP contribution is -2.41. The normalized spacial score (nSPS) is 13.9. The lowest BCUT2D eigenvalue weighted by molar-refractivity contribution is -0.146. The largest absolute Gasteiger partial charge is 0.468 e. The minimum Gasteiger partial charge on any atom is -0.468 e. The van der Waals surface area contributed by atoms with E-state index in [0.717, 1.165) is 0 Å². The lowest BCUT2D eigenvalue weighted by Gasteiger charge is -2.20. The molecule has 1 aromatic rings. The second kappa shape index (κ2) is 15.6. The first kappa shape index (κ1) is 34.1. The third kappa shape index (κ3) is 12.2. The molecule has 0 bridgehead atoms. The van der Waals surface area contributed by atoms with E-state index >= 15 is 0 Å². The molecular weight excluding hydrogens is 502 g/mol. The van der Waals surface area contributed by atoms with E-state index in [9.17, 15) is 19.2 Å². The second-order valence-electron chi connectivity index (χ2n) is 11.9. The fourth-order valence-corrected chi connectivity index (χ4v) is 3.29. The average Bonchev–Trinajstić information content (AvgIpc) is 2.84. The number of rotatable bonds is 14. The van der Waals surface area contributed by atoms with Gasteiger partial charge in [0.2, 0.25) is 0 Å². The zero-order valence-electron chi connectivity index (χ0n) is 25.2. The summed E-state index contributed by atoms with van der Waals surface area (Å²) in [5.41, 5.74) is 0.472. The van der Waals surface area contributed by atoms with Crippen molar-refractivity contribution in [3.05, 3.63) is 23.8 Å². The highest BCUT2D eigenvalue weighted by Crippen LogP contribution is 2.31. The number of methoxy groups -OCH3 is 1. The van der Waals surface area contributed by atoms with Gasteiger partial charge in [0.1, 0.15) is 12.6 Å². The zero-order valence-corrected chi connectivity index (χ0v) is 25.2. The van der Waals surface area contributed by atoms with Crippen LogP contribution in [-0.2, 0) is 35.1 Å². The monoisotopic (exact) mass is 549 g/mol. The van der Waals surface area contributed by atoms with Crippen molar-refractivity contribution in [1.29, 1.82) is 0 Å². The van der Waals surface area contributed by atoms with Crippen LogP contribution in [0.4, 0.5) is 0 Å². The van der Waals surface area contributed by atoms with Gasteiger partial charge in [0.15, 0.2) is 11.5 Å². The molecule has 0 fully saturated rings. The Morgan fingerprint density at radius 3 is 1.85 bits per heavy atom. The van der Waals surface area contributed by atoms with Crippen LogP contribution in [0, 0.1) is 29.1 Å². The molecule has 9 heteroatoms. The summed E-state index contributed by atoms with van der Waals surface area (Å²) < 4.78 is 21.5. The smallest absolute Gasteiger partial charge is 0.323 e. The quantitative estimate of drug-likeness (QED) is 0.200. The van der Waals surface area contributed by atoms with Gasteiger partial charge in [-0.2, -0.15) is 0 Å². The zero-order chi connectivity index (χ0) is 29.9. The molecule has 0 amide bonds. The van der Waals surface area contributed by atoms with Crippen LogP contribution in [0.2, 0.25) is 0 Å². The van der Waals surface area contributed by atoms with Crippen molar-refractivity contribution in [2.45, 2.75) is 81.2 Å². The average molecular weight is 550 g/mol. The first-order valence-electron chi connectivity index (χ1n) is 13.6. The number of carbonyl (C=O) groups excluding carboxylic acids is 4. The maximum Gasteiger partial charge on any atom is 0.323 e. The molecule has 1 N–H and O–H groups in total. The van der Waals surface area contributed by atoms with Crippen LogP contribution in [0.15, 0.2) is 18.2 Å². The summed E-state index contributed by atoms with van der Waals surface area (Å²) in [7, 11) is 1.29. The Balaban J connectivity index is 3.09. The summed E-state index contributed by atoms with van der Waals surface area (Å²) in [5.74, 6) is -2.05. The molecule has 0 heterocycles. The van der Waals surface area contributed by atoms with Crippen molar-refractivity contribution in [3.8, 4) is 11.5 Å². The van der Waals surface area contributed by atoms with Gasteiger partial charge in [-0.05, 0) is 41.4 Å². The maximum absolute atomic E-state index is 12.7. The molecule has 0 spiro atoms. The molecule has 0 aromatic heterocycles.